The van der Waals surface area contributed by atoms with Crippen LogP contribution in [0.1, 0.15) is 310 Å². The fourth-order valence-corrected chi connectivity index (χ4v) is 9.02. The quantitative estimate of drug-likeness (QED) is 0.0261. The fourth-order valence-electron chi connectivity index (χ4n) is 9.02. The van der Waals surface area contributed by atoms with Crippen molar-refractivity contribution in [2.45, 2.75) is 316 Å². The van der Waals surface area contributed by atoms with E-state index in [0.29, 0.717) is 19.3 Å². The molecule has 0 aliphatic carbocycles. The van der Waals surface area contributed by atoms with Crippen LogP contribution in [0, 0.1) is 0 Å². The second-order valence-corrected chi connectivity index (χ2v) is 21.3. The van der Waals surface area contributed by atoms with Crippen LogP contribution in [0.5, 0.6) is 0 Å². The minimum Gasteiger partial charge on any atom is -0.462 e. The van der Waals surface area contributed by atoms with Crippen molar-refractivity contribution in [2.24, 2.45) is 0 Å². The Morgan fingerprint density at radius 2 is 0.526 bits per heavy atom. The van der Waals surface area contributed by atoms with E-state index < -0.39 is 6.10 Å². The molecule has 0 aliphatic rings. The molecule has 6 nitrogen and oxygen atoms in total. The molecular formula is C70H120O6. The Hall–Kier alpha value is -3.67. The summed E-state index contributed by atoms with van der Waals surface area (Å²) in [7, 11) is 0. The molecule has 0 N–H and O–H groups in total. The van der Waals surface area contributed by atoms with Gasteiger partial charge in [-0.25, -0.2) is 0 Å². The first-order valence-corrected chi connectivity index (χ1v) is 32.2. The van der Waals surface area contributed by atoms with Gasteiger partial charge in [0.25, 0.3) is 0 Å². The molecule has 0 radical (unpaired) electrons. The van der Waals surface area contributed by atoms with E-state index in [0.717, 1.165) is 89.9 Å². The predicted molar refractivity (Wildman–Crippen MR) is 330 cm³/mol. The van der Waals surface area contributed by atoms with Crippen molar-refractivity contribution in [3.63, 3.8) is 0 Å². The first-order valence-electron chi connectivity index (χ1n) is 32.2. The lowest BCUT2D eigenvalue weighted by Gasteiger charge is -2.18. The zero-order chi connectivity index (χ0) is 55.0. The highest BCUT2D eigenvalue weighted by Crippen LogP contribution is 2.16. The molecule has 0 fully saturated rings. The summed E-state index contributed by atoms with van der Waals surface area (Å²) >= 11 is 0. The van der Waals surface area contributed by atoms with Gasteiger partial charge in [-0.1, -0.05) is 291 Å². The zero-order valence-corrected chi connectivity index (χ0v) is 50.0. The SMILES string of the molecule is CC/C=C\C/C=C\C/C=C\C/C=C\C/C=C\C/C=C\C/C=C\CCCC(=O)OC(COC(=O)CCCCCCCCCCCC)COC(=O)CCCCCCCCCCCCCCC/C=C\CCCCCCCCCC. The van der Waals surface area contributed by atoms with Gasteiger partial charge in [0.15, 0.2) is 6.10 Å². The maximum absolute atomic E-state index is 12.9. The van der Waals surface area contributed by atoms with Gasteiger partial charge in [-0.15, -0.1) is 0 Å². The Balaban J connectivity index is 4.33. The van der Waals surface area contributed by atoms with Crippen LogP contribution in [0.3, 0.4) is 0 Å². The van der Waals surface area contributed by atoms with E-state index in [1.54, 1.807) is 0 Å². The highest BCUT2D eigenvalue weighted by Gasteiger charge is 2.19. The van der Waals surface area contributed by atoms with Crippen molar-refractivity contribution in [3.05, 3.63) is 97.2 Å². The number of carbonyl (C=O) groups is 3. The van der Waals surface area contributed by atoms with Gasteiger partial charge >= 0.3 is 17.9 Å². The van der Waals surface area contributed by atoms with Gasteiger partial charge in [-0.3, -0.25) is 14.4 Å². The predicted octanol–water partition coefficient (Wildman–Crippen LogP) is 22.0. The number of unbranched alkanes of at least 4 members (excludes halogenated alkanes) is 31. The molecule has 0 bridgehead atoms. The largest absolute Gasteiger partial charge is 0.462 e. The molecule has 0 saturated heterocycles. The summed E-state index contributed by atoms with van der Waals surface area (Å²) in [4.78, 5) is 38.2. The third kappa shape index (κ3) is 61.2. The van der Waals surface area contributed by atoms with E-state index in [9.17, 15) is 14.4 Å². The van der Waals surface area contributed by atoms with Gasteiger partial charge in [0.2, 0.25) is 0 Å². The summed E-state index contributed by atoms with van der Waals surface area (Å²) in [6.45, 7) is 6.49. The number of hydrogen-bond acceptors (Lipinski definition) is 6. The average Bonchev–Trinajstić information content (AvgIpc) is 3.42. The molecule has 6 heteroatoms. The fraction of sp³-hybridized carbons (Fsp3) is 0.729. The molecule has 1 atom stereocenters. The Morgan fingerprint density at radius 3 is 0.855 bits per heavy atom. The Kier molecular flexibility index (Phi) is 60.8. The maximum atomic E-state index is 12.9. The van der Waals surface area contributed by atoms with E-state index in [1.807, 2.05) is 0 Å². The molecule has 0 rings (SSSR count). The number of esters is 3. The number of hydrogen-bond donors (Lipinski definition) is 0. The summed E-state index contributed by atoms with van der Waals surface area (Å²) in [5.74, 6) is -0.951. The van der Waals surface area contributed by atoms with E-state index in [-0.39, 0.29) is 37.5 Å². The van der Waals surface area contributed by atoms with Crippen molar-refractivity contribution in [3.8, 4) is 0 Å². The third-order valence-corrected chi connectivity index (χ3v) is 13.8. The van der Waals surface area contributed by atoms with E-state index in [1.165, 1.54) is 173 Å². The highest BCUT2D eigenvalue weighted by molar-refractivity contribution is 5.71. The van der Waals surface area contributed by atoms with Gasteiger partial charge in [-0.05, 0) is 96.3 Å². The van der Waals surface area contributed by atoms with E-state index >= 15 is 0 Å². The number of carbonyl (C=O) groups excluding carboxylic acids is 3. The number of rotatable bonds is 58. The first kappa shape index (κ1) is 72.3. The van der Waals surface area contributed by atoms with Crippen molar-refractivity contribution < 1.29 is 28.6 Å². The molecule has 0 saturated carbocycles. The normalized spacial score (nSPS) is 12.7. The molecule has 0 aliphatic heterocycles. The smallest absolute Gasteiger partial charge is 0.306 e. The summed E-state index contributed by atoms with van der Waals surface area (Å²) in [6.07, 6.45) is 85.8. The maximum Gasteiger partial charge on any atom is 0.306 e. The Bertz CT molecular complexity index is 1490. The first-order chi connectivity index (χ1) is 37.5. The Morgan fingerprint density at radius 1 is 0.276 bits per heavy atom. The molecule has 76 heavy (non-hydrogen) atoms. The summed E-state index contributed by atoms with van der Waals surface area (Å²) < 4.78 is 16.8. The van der Waals surface area contributed by atoms with Crippen LogP contribution in [0.25, 0.3) is 0 Å². The third-order valence-electron chi connectivity index (χ3n) is 13.8. The van der Waals surface area contributed by atoms with Crippen molar-refractivity contribution in [2.75, 3.05) is 13.2 Å². The molecule has 1 unspecified atom stereocenters. The van der Waals surface area contributed by atoms with Crippen LogP contribution >= 0.6 is 0 Å². The van der Waals surface area contributed by atoms with Crippen molar-refractivity contribution in [1.82, 2.24) is 0 Å². The van der Waals surface area contributed by atoms with Crippen molar-refractivity contribution in [1.29, 1.82) is 0 Å². The minimum atomic E-state index is -0.807. The van der Waals surface area contributed by atoms with Gasteiger partial charge in [-0.2, -0.15) is 0 Å². The van der Waals surface area contributed by atoms with Crippen LogP contribution in [0.4, 0.5) is 0 Å². The molecule has 0 aromatic rings. The second-order valence-electron chi connectivity index (χ2n) is 21.3. The highest BCUT2D eigenvalue weighted by atomic mass is 16.6. The lowest BCUT2D eigenvalue weighted by Crippen LogP contribution is -2.30. The molecule has 436 valence electrons. The molecule has 0 heterocycles. The summed E-state index contributed by atoms with van der Waals surface area (Å²) in [6, 6.07) is 0. The van der Waals surface area contributed by atoms with Crippen LogP contribution < -0.4 is 0 Å². The molecule has 0 amide bonds. The standard InChI is InChI=1S/C70H120O6/c1-4-7-10-13-16-19-22-24-26-28-30-32-34-35-37-38-40-42-44-46-48-51-54-57-60-63-69(72)75-66-67(65-74-68(71)62-59-56-53-50-21-18-15-12-9-6-3)76-70(73)64-61-58-55-52-49-47-45-43-41-39-36-33-31-29-27-25-23-20-17-14-11-8-5-2/h8,11,17,20,25,27-28,30-31,33,39,41,45,47,52,55,67H,4-7,9-10,12-16,18-19,21-24,26,29,32,34-38,40,42-44,46,48-51,53-54,56-66H2,1-3H3/b11-8-,20-17-,27-25-,30-28-,33-31-,41-39-,47-45-,55-52-. The Labute approximate surface area is 470 Å². The van der Waals surface area contributed by atoms with Crippen LogP contribution in [-0.2, 0) is 28.6 Å². The van der Waals surface area contributed by atoms with Gasteiger partial charge < -0.3 is 14.2 Å². The second kappa shape index (κ2) is 63.9. The molecule has 0 aromatic carbocycles. The van der Waals surface area contributed by atoms with Crippen molar-refractivity contribution >= 4 is 17.9 Å². The monoisotopic (exact) mass is 1060 g/mol. The summed E-state index contributed by atoms with van der Waals surface area (Å²) in [5, 5.41) is 0. The number of allylic oxidation sites excluding steroid dienone is 16. The molecule has 0 spiro atoms. The zero-order valence-electron chi connectivity index (χ0n) is 50.0. The van der Waals surface area contributed by atoms with Gasteiger partial charge in [0.05, 0.1) is 0 Å². The van der Waals surface area contributed by atoms with Gasteiger partial charge in [0.1, 0.15) is 13.2 Å². The lowest BCUT2D eigenvalue weighted by molar-refractivity contribution is -0.167. The van der Waals surface area contributed by atoms with Crippen LogP contribution in [0.2, 0.25) is 0 Å². The molecular weight excluding hydrogens is 937 g/mol. The van der Waals surface area contributed by atoms with E-state index in [4.69, 9.17) is 14.2 Å². The number of ether oxygens (including phenoxy) is 3. The van der Waals surface area contributed by atoms with E-state index in [2.05, 4.69) is 118 Å². The molecule has 0 aromatic heterocycles. The topological polar surface area (TPSA) is 78.9 Å². The van der Waals surface area contributed by atoms with Gasteiger partial charge in [0, 0.05) is 19.3 Å². The lowest BCUT2D eigenvalue weighted by atomic mass is 10.0. The minimum absolute atomic E-state index is 0.0984. The summed E-state index contributed by atoms with van der Waals surface area (Å²) in [5.41, 5.74) is 0. The van der Waals surface area contributed by atoms with Crippen LogP contribution in [-0.4, -0.2) is 37.2 Å². The van der Waals surface area contributed by atoms with Crippen LogP contribution in [0.15, 0.2) is 97.2 Å². The average molecular weight is 1060 g/mol.